The molecule has 1 aliphatic rings. The van der Waals surface area contributed by atoms with Crippen LogP contribution < -0.4 is 0 Å². The summed E-state index contributed by atoms with van der Waals surface area (Å²) in [6.07, 6.45) is 2.34. The third-order valence-electron chi connectivity index (χ3n) is 1.82. The van der Waals surface area contributed by atoms with E-state index >= 15 is 0 Å². The van der Waals surface area contributed by atoms with E-state index in [-0.39, 0.29) is 5.92 Å². The molecule has 0 aromatic rings. The number of hydrogen-bond acceptors (Lipinski definition) is 2. The van der Waals surface area contributed by atoms with Crippen molar-refractivity contribution in [2.45, 2.75) is 31.9 Å². The Bertz CT molecular complexity index is 125. The van der Waals surface area contributed by atoms with Gasteiger partial charge in [-0.25, -0.2) is 0 Å². The summed E-state index contributed by atoms with van der Waals surface area (Å²) in [5.41, 5.74) is 0. The minimum Gasteiger partial charge on any atom is -0.298 e. The van der Waals surface area contributed by atoms with Gasteiger partial charge in [-0.15, -0.1) is 0 Å². The number of ketones is 1. The van der Waals surface area contributed by atoms with Crippen LogP contribution in [0.1, 0.15) is 26.7 Å². The minimum absolute atomic E-state index is 0.232. The summed E-state index contributed by atoms with van der Waals surface area (Å²) in [4.78, 5) is 11.3. The molecule has 1 heterocycles. The zero-order valence-electron chi connectivity index (χ0n) is 6.59. The summed E-state index contributed by atoms with van der Waals surface area (Å²) in [6.45, 7) is 3.97. The lowest BCUT2D eigenvalue weighted by atomic mass is 10.0. The lowest BCUT2D eigenvalue weighted by Crippen LogP contribution is -2.19. The van der Waals surface area contributed by atoms with Crippen LogP contribution in [-0.4, -0.2) is 16.8 Å². The molecule has 0 amide bonds. The summed E-state index contributed by atoms with van der Waals surface area (Å²) >= 11 is 1.83. The molecule has 2 heteroatoms. The zero-order chi connectivity index (χ0) is 7.56. The number of Topliss-reactive ketones (excluding diaryl/α,β-unsaturated/α-hetero) is 1. The highest BCUT2D eigenvalue weighted by atomic mass is 32.2. The number of carbonyl (C=O) groups excluding carboxylic acids is 1. The number of thioether (sulfide) groups is 1. The van der Waals surface area contributed by atoms with Crippen LogP contribution in [0.25, 0.3) is 0 Å². The highest BCUT2D eigenvalue weighted by Crippen LogP contribution is 2.28. The van der Waals surface area contributed by atoms with Crippen LogP contribution in [0, 0.1) is 5.92 Å². The number of hydrogen-bond donors (Lipinski definition) is 0. The van der Waals surface area contributed by atoms with E-state index in [1.807, 2.05) is 25.6 Å². The molecule has 0 bridgehead atoms. The van der Waals surface area contributed by atoms with Crippen LogP contribution in [0.15, 0.2) is 0 Å². The highest BCUT2D eigenvalue weighted by Gasteiger charge is 2.24. The molecule has 0 spiro atoms. The molecule has 1 fully saturated rings. The van der Waals surface area contributed by atoms with Crippen LogP contribution in [0.4, 0.5) is 0 Å². The predicted octanol–water partition coefficient (Wildman–Crippen LogP) is 2.11. The summed E-state index contributed by atoms with van der Waals surface area (Å²) in [5.74, 6) is 1.86. The summed E-state index contributed by atoms with van der Waals surface area (Å²) < 4.78 is 0. The molecule has 58 valence electrons. The molecule has 1 aliphatic heterocycles. The van der Waals surface area contributed by atoms with Crippen molar-refractivity contribution in [1.29, 1.82) is 0 Å². The quantitative estimate of drug-likeness (QED) is 0.612. The van der Waals surface area contributed by atoms with Gasteiger partial charge in [-0.3, -0.25) is 4.79 Å². The smallest absolute Gasteiger partial charge is 0.148 e. The van der Waals surface area contributed by atoms with Crippen molar-refractivity contribution >= 4 is 17.5 Å². The standard InChI is InChI=1S/C8H14OS/c1-6(2)8(9)7-4-3-5-10-7/h6-7H,3-5H2,1-2H3. The fraction of sp³-hybridized carbons (Fsp3) is 0.875. The first-order valence-corrected chi connectivity index (χ1v) is 4.92. The fourth-order valence-electron chi connectivity index (χ4n) is 1.17. The van der Waals surface area contributed by atoms with Crippen LogP contribution in [0.3, 0.4) is 0 Å². The summed E-state index contributed by atoms with van der Waals surface area (Å²) in [5, 5.41) is 0.333. The predicted molar refractivity (Wildman–Crippen MR) is 45.3 cm³/mol. The van der Waals surface area contributed by atoms with Gasteiger partial charge >= 0.3 is 0 Å². The fourth-order valence-corrected chi connectivity index (χ4v) is 2.56. The Morgan fingerprint density at radius 1 is 1.60 bits per heavy atom. The SMILES string of the molecule is CC(C)C(=O)C1CCCS1. The third kappa shape index (κ3) is 1.75. The molecule has 0 radical (unpaired) electrons. The largest absolute Gasteiger partial charge is 0.298 e. The average molecular weight is 158 g/mol. The van der Waals surface area contributed by atoms with Crippen molar-refractivity contribution in [3.05, 3.63) is 0 Å². The van der Waals surface area contributed by atoms with Crippen molar-refractivity contribution < 1.29 is 4.79 Å². The maximum atomic E-state index is 11.3. The van der Waals surface area contributed by atoms with Crippen molar-refractivity contribution in [3.8, 4) is 0 Å². The Morgan fingerprint density at radius 3 is 2.70 bits per heavy atom. The van der Waals surface area contributed by atoms with Crippen molar-refractivity contribution in [3.63, 3.8) is 0 Å². The van der Waals surface area contributed by atoms with E-state index in [0.717, 1.165) is 6.42 Å². The number of carbonyl (C=O) groups is 1. The second kappa shape index (κ2) is 3.42. The van der Waals surface area contributed by atoms with Gasteiger partial charge in [-0.05, 0) is 18.6 Å². The Kier molecular flexibility index (Phi) is 2.78. The first-order valence-electron chi connectivity index (χ1n) is 3.87. The molecule has 1 nitrogen and oxygen atoms in total. The second-order valence-corrected chi connectivity index (χ2v) is 4.37. The molecule has 1 unspecified atom stereocenters. The van der Waals surface area contributed by atoms with E-state index in [9.17, 15) is 4.79 Å². The second-order valence-electron chi connectivity index (χ2n) is 3.06. The van der Waals surface area contributed by atoms with Crippen molar-refractivity contribution in [2.24, 2.45) is 5.92 Å². The van der Waals surface area contributed by atoms with Gasteiger partial charge in [0.1, 0.15) is 5.78 Å². The van der Waals surface area contributed by atoms with Crippen molar-refractivity contribution in [2.75, 3.05) is 5.75 Å². The monoisotopic (exact) mass is 158 g/mol. The van der Waals surface area contributed by atoms with Crippen molar-refractivity contribution in [1.82, 2.24) is 0 Å². The van der Waals surface area contributed by atoms with Gasteiger partial charge in [-0.1, -0.05) is 13.8 Å². The molecule has 0 N–H and O–H groups in total. The van der Waals surface area contributed by atoms with E-state index in [1.165, 1.54) is 12.2 Å². The van der Waals surface area contributed by atoms with Gasteiger partial charge in [0.25, 0.3) is 0 Å². The van der Waals surface area contributed by atoms with E-state index in [4.69, 9.17) is 0 Å². The van der Waals surface area contributed by atoms with Gasteiger partial charge < -0.3 is 0 Å². The van der Waals surface area contributed by atoms with Crippen LogP contribution >= 0.6 is 11.8 Å². The Labute approximate surface area is 66.6 Å². The maximum absolute atomic E-state index is 11.3. The Balaban J connectivity index is 2.40. The third-order valence-corrected chi connectivity index (χ3v) is 3.21. The van der Waals surface area contributed by atoms with Gasteiger partial charge in [-0.2, -0.15) is 11.8 Å². The Morgan fingerprint density at radius 2 is 2.30 bits per heavy atom. The lowest BCUT2D eigenvalue weighted by molar-refractivity contribution is -0.121. The topological polar surface area (TPSA) is 17.1 Å². The Hall–Kier alpha value is 0.0200. The molecule has 0 saturated carbocycles. The van der Waals surface area contributed by atoms with E-state index in [1.54, 1.807) is 0 Å². The molecule has 1 saturated heterocycles. The molecule has 1 rings (SSSR count). The van der Waals surface area contributed by atoms with E-state index < -0.39 is 0 Å². The van der Waals surface area contributed by atoms with E-state index in [2.05, 4.69) is 0 Å². The van der Waals surface area contributed by atoms with Gasteiger partial charge in [0.2, 0.25) is 0 Å². The molecule has 1 atom stereocenters. The highest BCUT2D eigenvalue weighted by molar-refractivity contribution is 8.00. The van der Waals surface area contributed by atoms with Crippen LogP contribution in [0.2, 0.25) is 0 Å². The molecule has 0 aliphatic carbocycles. The lowest BCUT2D eigenvalue weighted by Gasteiger charge is -2.08. The normalized spacial score (nSPS) is 25.7. The first-order chi connectivity index (χ1) is 4.72. The number of rotatable bonds is 2. The first kappa shape index (κ1) is 8.12. The van der Waals surface area contributed by atoms with Gasteiger partial charge in [0.15, 0.2) is 0 Å². The molecular formula is C8H14OS. The van der Waals surface area contributed by atoms with Crippen LogP contribution in [0.5, 0.6) is 0 Å². The molecule has 0 aromatic heterocycles. The molecule has 10 heavy (non-hydrogen) atoms. The molecular weight excluding hydrogens is 144 g/mol. The molecule has 0 aromatic carbocycles. The zero-order valence-corrected chi connectivity index (χ0v) is 7.41. The summed E-state index contributed by atoms with van der Waals surface area (Å²) in [6, 6.07) is 0. The van der Waals surface area contributed by atoms with Gasteiger partial charge in [0.05, 0.1) is 5.25 Å². The van der Waals surface area contributed by atoms with Crippen LogP contribution in [-0.2, 0) is 4.79 Å². The average Bonchev–Trinajstić information content (AvgIpc) is 2.36. The van der Waals surface area contributed by atoms with Gasteiger partial charge in [0, 0.05) is 5.92 Å². The minimum atomic E-state index is 0.232. The van der Waals surface area contributed by atoms with E-state index in [0.29, 0.717) is 11.0 Å². The summed E-state index contributed by atoms with van der Waals surface area (Å²) in [7, 11) is 0. The maximum Gasteiger partial charge on any atom is 0.148 e.